The van der Waals surface area contributed by atoms with Gasteiger partial charge in [-0.2, -0.15) is 0 Å². The van der Waals surface area contributed by atoms with Crippen molar-refractivity contribution >= 4 is 22.9 Å². The van der Waals surface area contributed by atoms with Crippen molar-refractivity contribution in [2.24, 2.45) is 0 Å². The summed E-state index contributed by atoms with van der Waals surface area (Å²) in [7, 11) is 3.17. The van der Waals surface area contributed by atoms with Crippen molar-refractivity contribution in [3.05, 3.63) is 66.6 Å². The number of ether oxygens (including phenoxy) is 2. The van der Waals surface area contributed by atoms with Gasteiger partial charge < -0.3 is 24.3 Å². The first kappa shape index (κ1) is 21.3. The molecule has 1 atom stereocenters. The number of nitrogens with zero attached hydrogens (tertiary/aromatic N) is 3. The van der Waals surface area contributed by atoms with Crippen LogP contribution >= 0.6 is 0 Å². The Balaban J connectivity index is 1.69. The Hall–Kier alpha value is -3.91. The van der Waals surface area contributed by atoms with Gasteiger partial charge in [-0.25, -0.2) is 9.97 Å². The van der Waals surface area contributed by atoms with E-state index in [2.05, 4.69) is 10.3 Å². The summed E-state index contributed by atoms with van der Waals surface area (Å²) in [4.78, 5) is 21.4. The third kappa shape index (κ3) is 4.13. The van der Waals surface area contributed by atoms with Gasteiger partial charge in [0, 0.05) is 41.5 Å². The number of benzene rings is 2. The lowest BCUT2D eigenvalue weighted by molar-refractivity contribution is 0.0741. The second kappa shape index (κ2) is 9.07. The molecule has 8 nitrogen and oxygen atoms in total. The van der Waals surface area contributed by atoms with E-state index in [4.69, 9.17) is 14.5 Å². The van der Waals surface area contributed by atoms with Crippen LogP contribution in [0.4, 0.5) is 11.5 Å². The minimum atomic E-state index is -0.987. The van der Waals surface area contributed by atoms with Gasteiger partial charge in [0.15, 0.2) is 28.7 Å². The van der Waals surface area contributed by atoms with Crippen molar-refractivity contribution in [2.75, 3.05) is 19.5 Å². The van der Waals surface area contributed by atoms with Gasteiger partial charge in [-0.15, -0.1) is 0 Å². The summed E-state index contributed by atoms with van der Waals surface area (Å²) in [5.74, 6) is 1.52. The Bertz CT molecular complexity index is 1250. The lowest BCUT2D eigenvalue weighted by atomic mass is 10.0. The number of imidazole rings is 1. The van der Waals surface area contributed by atoms with Crippen LogP contribution in [0.3, 0.4) is 0 Å². The molecule has 0 aliphatic carbocycles. The van der Waals surface area contributed by atoms with Crippen LogP contribution in [0.5, 0.6) is 11.5 Å². The van der Waals surface area contributed by atoms with Gasteiger partial charge in [0.1, 0.15) is 6.10 Å². The summed E-state index contributed by atoms with van der Waals surface area (Å²) in [5.41, 5.74) is 3.44. The summed E-state index contributed by atoms with van der Waals surface area (Å²) in [6, 6.07) is 12.6. The Morgan fingerprint density at radius 2 is 1.88 bits per heavy atom. The second-order valence-electron chi connectivity index (χ2n) is 7.19. The molecule has 2 heterocycles. The first-order valence-electron chi connectivity index (χ1n) is 10.2. The fourth-order valence-electron chi connectivity index (χ4n) is 3.39. The smallest absolute Gasteiger partial charge is 0.191 e. The average molecular weight is 432 g/mol. The predicted molar refractivity (Wildman–Crippen MR) is 122 cm³/mol. The van der Waals surface area contributed by atoms with E-state index in [1.54, 1.807) is 39.5 Å². The monoisotopic (exact) mass is 432 g/mol. The van der Waals surface area contributed by atoms with Gasteiger partial charge >= 0.3 is 0 Å². The lowest BCUT2D eigenvalue weighted by Gasteiger charge is -2.13. The number of ketones is 1. The van der Waals surface area contributed by atoms with Crippen molar-refractivity contribution in [2.45, 2.75) is 19.4 Å². The summed E-state index contributed by atoms with van der Waals surface area (Å²) in [5, 5.41) is 13.1. The molecule has 0 amide bonds. The molecule has 0 aliphatic heterocycles. The number of nitrogens with one attached hydrogen (secondary N) is 1. The lowest BCUT2D eigenvalue weighted by Crippen LogP contribution is -2.19. The van der Waals surface area contributed by atoms with Gasteiger partial charge in [0.2, 0.25) is 0 Å². The highest BCUT2D eigenvalue weighted by Gasteiger charge is 2.16. The van der Waals surface area contributed by atoms with Crippen LogP contribution < -0.4 is 14.8 Å². The van der Waals surface area contributed by atoms with Gasteiger partial charge in [0.05, 0.1) is 19.9 Å². The SMILES string of the molecule is CCC(O)C(=O)c1ccc(-c2cn3ccnc3c(Nc3ccc(OC)c(OC)c3)n2)cc1. The number of fused-ring (bicyclic) bond motifs is 1. The summed E-state index contributed by atoms with van der Waals surface area (Å²) in [6.07, 6.45) is 4.81. The normalized spacial score (nSPS) is 11.9. The molecular formula is C24H24N4O4. The van der Waals surface area contributed by atoms with Crippen LogP contribution in [0, 0.1) is 0 Å². The van der Waals surface area contributed by atoms with E-state index in [1.807, 2.05) is 47.1 Å². The molecule has 164 valence electrons. The quantitative estimate of drug-likeness (QED) is 0.404. The van der Waals surface area contributed by atoms with Crippen molar-refractivity contribution in [3.63, 3.8) is 0 Å². The number of hydrogen-bond donors (Lipinski definition) is 2. The van der Waals surface area contributed by atoms with Crippen LogP contribution in [0.15, 0.2) is 61.1 Å². The Labute approximate surface area is 185 Å². The number of hydrogen-bond acceptors (Lipinski definition) is 7. The van der Waals surface area contributed by atoms with Gasteiger partial charge in [-0.05, 0) is 18.6 Å². The highest BCUT2D eigenvalue weighted by atomic mass is 16.5. The maximum atomic E-state index is 12.2. The van der Waals surface area contributed by atoms with Gasteiger partial charge in [0.25, 0.3) is 0 Å². The predicted octanol–water partition coefficient (Wildman–Crippen LogP) is 4.11. The molecule has 0 radical (unpaired) electrons. The molecule has 0 saturated heterocycles. The average Bonchev–Trinajstić information content (AvgIpc) is 3.32. The molecule has 2 aromatic carbocycles. The molecule has 0 aliphatic rings. The van der Waals surface area contributed by atoms with Crippen LogP contribution in [0.2, 0.25) is 0 Å². The number of anilines is 2. The van der Waals surface area contributed by atoms with Crippen LogP contribution in [-0.4, -0.2) is 45.6 Å². The minimum Gasteiger partial charge on any atom is -0.493 e. The fraction of sp³-hybridized carbons (Fsp3) is 0.208. The number of methoxy groups -OCH3 is 2. The van der Waals surface area contributed by atoms with E-state index in [1.165, 1.54) is 0 Å². The van der Waals surface area contributed by atoms with E-state index in [9.17, 15) is 9.90 Å². The molecule has 0 spiro atoms. The number of aliphatic hydroxyl groups is 1. The van der Waals surface area contributed by atoms with E-state index < -0.39 is 6.10 Å². The molecule has 0 fully saturated rings. The molecule has 32 heavy (non-hydrogen) atoms. The number of rotatable bonds is 8. The largest absolute Gasteiger partial charge is 0.493 e. The van der Waals surface area contributed by atoms with Crippen LogP contribution in [-0.2, 0) is 0 Å². The maximum absolute atomic E-state index is 12.2. The Morgan fingerprint density at radius 1 is 1.12 bits per heavy atom. The van der Waals surface area contributed by atoms with Crippen molar-refractivity contribution in [3.8, 4) is 22.8 Å². The van der Waals surface area contributed by atoms with Crippen LogP contribution in [0.25, 0.3) is 16.9 Å². The second-order valence-corrected chi connectivity index (χ2v) is 7.19. The zero-order valence-electron chi connectivity index (χ0n) is 18.1. The van der Waals surface area contributed by atoms with E-state index in [0.29, 0.717) is 40.6 Å². The highest BCUT2D eigenvalue weighted by molar-refractivity contribution is 5.99. The highest BCUT2D eigenvalue weighted by Crippen LogP contribution is 2.32. The Kier molecular flexibility index (Phi) is 6.04. The van der Waals surface area contributed by atoms with Crippen molar-refractivity contribution < 1.29 is 19.4 Å². The molecule has 4 aromatic rings. The first-order chi connectivity index (χ1) is 15.5. The molecule has 8 heteroatoms. The standard InChI is InChI=1S/C24H24N4O4/c1-4-19(29)22(30)16-7-5-15(6-8-16)18-14-28-12-11-25-24(28)23(27-18)26-17-9-10-20(31-2)21(13-17)32-3/h5-14,19,29H,4H2,1-3H3,(H,26,27). The Morgan fingerprint density at radius 3 is 2.56 bits per heavy atom. The van der Waals surface area contributed by atoms with Crippen molar-refractivity contribution in [1.29, 1.82) is 0 Å². The zero-order valence-corrected chi connectivity index (χ0v) is 18.1. The topological polar surface area (TPSA) is 98.0 Å². The van der Waals surface area contributed by atoms with E-state index >= 15 is 0 Å². The molecule has 0 bridgehead atoms. The fourth-order valence-corrected chi connectivity index (χ4v) is 3.39. The molecule has 0 saturated carbocycles. The van der Waals surface area contributed by atoms with E-state index in [0.717, 1.165) is 11.3 Å². The number of carbonyl (C=O) groups excluding carboxylic acids is 1. The number of aromatic nitrogens is 3. The number of carbonyl (C=O) groups is 1. The zero-order chi connectivity index (χ0) is 22.7. The summed E-state index contributed by atoms with van der Waals surface area (Å²) >= 11 is 0. The molecular weight excluding hydrogens is 408 g/mol. The molecule has 1 unspecified atom stereocenters. The summed E-state index contributed by atoms with van der Waals surface area (Å²) < 4.78 is 12.6. The van der Waals surface area contributed by atoms with Gasteiger partial charge in [-0.1, -0.05) is 31.2 Å². The third-order valence-electron chi connectivity index (χ3n) is 5.17. The van der Waals surface area contributed by atoms with E-state index in [-0.39, 0.29) is 5.78 Å². The maximum Gasteiger partial charge on any atom is 0.191 e. The van der Waals surface area contributed by atoms with Crippen LogP contribution in [0.1, 0.15) is 23.7 Å². The van der Waals surface area contributed by atoms with Gasteiger partial charge in [-0.3, -0.25) is 4.79 Å². The first-order valence-corrected chi connectivity index (χ1v) is 10.2. The summed E-state index contributed by atoms with van der Waals surface area (Å²) in [6.45, 7) is 1.77. The molecule has 2 N–H and O–H groups in total. The molecule has 2 aromatic heterocycles. The van der Waals surface area contributed by atoms with Crippen molar-refractivity contribution in [1.82, 2.24) is 14.4 Å². The third-order valence-corrected chi connectivity index (χ3v) is 5.17. The number of aliphatic hydroxyl groups excluding tert-OH is 1. The molecule has 4 rings (SSSR count). The number of Topliss-reactive ketones (excluding diaryl/α,β-unsaturated/α-hetero) is 1. The minimum absolute atomic E-state index is 0.284.